The van der Waals surface area contributed by atoms with Gasteiger partial charge in [-0.15, -0.1) is 0 Å². The molecule has 18 heavy (non-hydrogen) atoms. The monoisotopic (exact) mass is 266 g/mol. The van der Waals surface area contributed by atoms with E-state index in [0.717, 1.165) is 7.11 Å². The summed E-state index contributed by atoms with van der Waals surface area (Å²) in [5, 5.41) is 0. The maximum absolute atomic E-state index is 12.4. The molecule has 0 amide bonds. The summed E-state index contributed by atoms with van der Waals surface area (Å²) in [6, 6.07) is 0. The van der Waals surface area contributed by atoms with Gasteiger partial charge in [-0.1, -0.05) is 41.5 Å². The number of methoxy groups -OCH3 is 2. The van der Waals surface area contributed by atoms with E-state index in [1.54, 1.807) is 0 Å². The molecular formula is C14H28F2O2. The van der Waals surface area contributed by atoms with Crippen LogP contribution in [0, 0.1) is 10.8 Å². The highest BCUT2D eigenvalue weighted by molar-refractivity contribution is 5.04. The van der Waals surface area contributed by atoms with E-state index in [2.05, 4.69) is 25.5 Å². The molecule has 1 aliphatic carbocycles. The molecule has 1 rings (SSSR count). The van der Waals surface area contributed by atoms with Crippen LogP contribution < -0.4 is 0 Å². The van der Waals surface area contributed by atoms with Crippen molar-refractivity contribution in [1.82, 2.24) is 0 Å². The van der Waals surface area contributed by atoms with E-state index in [-0.39, 0.29) is 5.60 Å². The van der Waals surface area contributed by atoms with Gasteiger partial charge in [0.1, 0.15) is 0 Å². The summed E-state index contributed by atoms with van der Waals surface area (Å²) < 4.78 is 34.3. The molecule has 1 saturated carbocycles. The third-order valence-electron chi connectivity index (χ3n) is 3.59. The number of ether oxygens (including phenoxy) is 2. The molecule has 0 spiro atoms. The van der Waals surface area contributed by atoms with Crippen LogP contribution in [-0.2, 0) is 9.47 Å². The number of hydrogen-bond acceptors (Lipinski definition) is 2. The molecule has 110 valence electrons. The third-order valence-corrected chi connectivity index (χ3v) is 3.59. The van der Waals surface area contributed by atoms with Crippen LogP contribution in [0.4, 0.5) is 8.78 Å². The van der Waals surface area contributed by atoms with Crippen molar-refractivity contribution >= 4 is 0 Å². The lowest BCUT2D eigenvalue weighted by atomic mass is 9.87. The van der Waals surface area contributed by atoms with Crippen molar-refractivity contribution in [2.24, 2.45) is 10.8 Å². The van der Waals surface area contributed by atoms with E-state index in [1.165, 1.54) is 33.6 Å². The van der Waals surface area contributed by atoms with Gasteiger partial charge in [-0.25, -0.2) is 0 Å². The minimum atomic E-state index is -3.02. The van der Waals surface area contributed by atoms with Gasteiger partial charge in [0.2, 0.25) is 0 Å². The summed E-state index contributed by atoms with van der Waals surface area (Å²) in [4.78, 5) is 0. The van der Waals surface area contributed by atoms with Crippen LogP contribution in [0.25, 0.3) is 0 Å². The fraction of sp³-hybridized carbons (Fsp3) is 1.00. The first-order valence-electron chi connectivity index (χ1n) is 6.31. The number of alkyl halides is 2. The van der Waals surface area contributed by atoms with Crippen LogP contribution in [0.3, 0.4) is 0 Å². The molecule has 0 N–H and O–H groups in total. The highest BCUT2D eigenvalue weighted by Gasteiger charge is 2.52. The molecule has 0 radical (unpaired) electrons. The van der Waals surface area contributed by atoms with Crippen molar-refractivity contribution in [2.75, 3.05) is 14.2 Å². The van der Waals surface area contributed by atoms with Gasteiger partial charge in [0.05, 0.1) is 11.0 Å². The predicted molar refractivity (Wildman–Crippen MR) is 69.8 cm³/mol. The predicted octanol–water partition coefficient (Wildman–Crippen LogP) is 4.48. The fourth-order valence-corrected chi connectivity index (χ4v) is 1.68. The first-order chi connectivity index (χ1) is 7.83. The smallest absolute Gasteiger partial charge is 0.360 e. The van der Waals surface area contributed by atoms with E-state index >= 15 is 0 Å². The lowest BCUT2D eigenvalue weighted by Gasteiger charge is -2.29. The van der Waals surface area contributed by atoms with E-state index in [4.69, 9.17) is 4.74 Å². The standard InChI is InChI=1S/C8H16O.C6H12F2O/c1-7(2,3)8(9-4)5-6-8;1-5(2,3)6(7,8)9-4/h5-6H2,1-4H3;1-4H3. The Labute approximate surface area is 110 Å². The van der Waals surface area contributed by atoms with E-state index in [0.29, 0.717) is 5.41 Å². The largest absolute Gasteiger partial charge is 0.378 e. The minimum absolute atomic E-state index is 0.229. The molecule has 0 heterocycles. The highest BCUT2D eigenvalue weighted by Crippen LogP contribution is 2.52. The summed E-state index contributed by atoms with van der Waals surface area (Å²) in [6.07, 6.45) is -0.535. The molecule has 0 aromatic heterocycles. The topological polar surface area (TPSA) is 18.5 Å². The Morgan fingerprint density at radius 3 is 1.28 bits per heavy atom. The molecule has 4 heteroatoms. The molecule has 0 aromatic rings. The van der Waals surface area contributed by atoms with Gasteiger partial charge < -0.3 is 9.47 Å². The van der Waals surface area contributed by atoms with Crippen molar-refractivity contribution in [3.8, 4) is 0 Å². The Bertz CT molecular complexity index is 242. The Balaban J connectivity index is 0.000000321. The molecule has 0 aromatic carbocycles. The van der Waals surface area contributed by atoms with Crippen LogP contribution in [0.15, 0.2) is 0 Å². The van der Waals surface area contributed by atoms with Crippen LogP contribution in [0.2, 0.25) is 0 Å². The fourth-order valence-electron chi connectivity index (χ4n) is 1.68. The number of hydrogen-bond donors (Lipinski definition) is 0. The molecule has 0 unspecified atom stereocenters. The zero-order valence-corrected chi connectivity index (χ0v) is 13.0. The van der Waals surface area contributed by atoms with Crippen molar-refractivity contribution in [1.29, 1.82) is 0 Å². The van der Waals surface area contributed by atoms with Crippen LogP contribution in [-0.4, -0.2) is 25.9 Å². The van der Waals surface area contributed by atoms with Crippen molar-refractivity contribution in [3.05, 3.63) is 0 Å². The summed E-state index contributed by atoms with van der Waals surface area (Å²) in [7, 11) is 2.82. The normalized spacial score (nSPS) is 19.0. The molecule has 0 atom stereocenters. The zero-order chi connectivity index (χ0) is 14.8. The molecule has 2 nitrogen and oxygen atoms in total. The first kappa shape index (κ1) is 17.8. The average Bonchev–Trinajstić information content (AvgIpc) is 2.96. The maximum Gasteiger partial charge on any atom is 0.360 e. The minimum Gasteiger partial charge on any atom is -0.378 e. The second-order valence-electron chi connectivity index (χ2n) is 6.92. The second kappa shape index (κ2) is 5.41. The summed E-state index contributed by atoms with van der Waals surface area (Å²) in [6.45, 7) is 11.0. The lowest BCUT2D eigenvalue weighted by molar-refractivity contribution is -0.281. The van der Waals surface area contributed by atoms with Crippen LogP contribution >= 0.6 is 0 Å². The molecule has 0 saturated heterocycles. The molecule has 0 bridgehead atoms. The Hall–Kier alpha value is -0.220. The van der Waals surface area contributed by atoms with Gasteiger partial charge in [-0.3, -0.25) is 0 Å². The van der Waals surface area contributed by atoms with E-state index in [9.17, 15) is 8.78 Å². The SMILES string of the molecule is COC(F)(F)C(C)(C)C.COC1(C(C)(C)C)CC1. The van der Waals surface area contributed by atoms with Crippen LogP contribution in [0.1, 0.15) is 54.4 Å². The zero-order valence-electron chi connectivity index (χ0n) is 13.0. The quantitative estimate of drug-likeness (QED) is 0.733. The van der Waals surface area contributed by atoms with E-state index in [1.807, 2.05) is 7.11 Å². The highest BCUT2D eigenvalue weighted by atomic mass is 19.3. The maximum atomic E-state index is 12.4. The van der Waals surface area contributed by atoms with Crippen molar-refractivity contribution in [2.45, 2.75) is 66.1 Å². The molecular weight excluding hydrogens is 238 g/mol. The first-order valence-corrected chi connectivity index (χ1v) is 6.31. The van der Waals surface area contributed by atoms with Crippen molar-refractivity contribution in [3.63, 3.8) is 0 Å². The average molecular weight is 266 g/mol. The van der Waals surface area contributed by atoms with Gasteiger partial charge in [-0.05, 0) is 18.3 Å². The lowest BCUT2D eigenvalue weighted by Crippen LogP contribution is -2.35. The molecule has 1 aliphatic rings. The van der Waals surface area contributed by atoms with Gasteiger partial charge in [0.25, 0.3) is 0 Å². The van der Waals surface area contributed by atoms with Gasteiger partial charge in [-0.2, -0.15) is 8.78 Å². The Morgan fingerprint density at radius 2 is 1.28 bits per heavy atom. The molecule has 1 fully saturated rings. The summed E-state index contributed by atoms with van der Waals surface area (Å²) in [5.74, 6) is 0. The third kappa shape index (κ3) is 4.16. The summed E-state index contributed by atoms with van der Waals surface area (Å²) in [5.41, 5.74) is -0.545. The number of halogens is 2. The van der Waals surface area contributed by atoms with Crippen LogP contribution in [0.5, 0.6) is 0 Å². The Kier molecular flexibility index (Phi) is 5.35. The Morgan fingerprint density at radius 1 is 0.889 bits per heavy atom. The van der Waals surface area contributed by atoms with Gasteiger partial charge in [0.15, 0.2) is 0 Å². The second-order valence-corrected chi connectivity index (χ2v) is 6.92. The number of rotatable bonds is 2. The van der Waals surface area contributed by atoms with E-state index < -0.39 is 11.5 Å². The van der Waals surface area contributed by atoms with Gasteiger partial charge in [0, 0.05) is 14.2 Å². The molecule has 0 aliphatic heterocycles. The van der Waals surface area contributed by atoms with Gasteiger partial charge >= 0.3 is 6.11 Å². The van der Waals surface area contributed by atoms with Crippen molar-refractivity contribution < 1.29 is 18.3 Å². The summed E-state index contributed by atoms with van der Waals surface area (Å²) >= 11 is 0.